The molecule has 1 aromatic carbocycles. The zero-order valence-electron chi connectivity index (χ0n) is 13.0. The number of aromatic nitrogens is 3. The second-order valence-electron chi connectivity index (χ2n) is 5.04. The maximum Gasteiger partial charge on any atom is 0.419 e. The fraction of sp³-hybridized carbons (Fsp3) is 0.200. The molecule has 2 N–H and O–H groups in total. The van der Waals surface area contributed by atoms with Crippen LogP contribution in [0.1, 0.15) is 16.2 Å². The Hall–Kier alpha value is -3.20. The number of aromatic amines is 1. The van der Waals surface area contributed by atoms with Crippen LogP contribution in [0, 0.1) is 0 Å². The molecule has 9 heteroatoms. The molecule has 0 saturated heterocycles. The van der Waals surface area contributed by atoms with Gasteiger partial charge in [-0.1, -0.05) is 6.07 Å². The van der Waals surface area contributed by atoms with Gasteiger partial charge in [0.2, 0.25) is 0 Å². The van der Waals surface area contributed by atoms with Crippen LogP contribution >= 0.6 is 0 Å². The molecule has 0 spiro atoms. The lowest BCUT2D eigenvalue weighted by Gasteiger charge is -2.05. The van der Waals surface area contributed by atoms with E-state index in [1.54, 1.807) is 25.2 Å². The highest BCUT2D eigenvalue weighted by atomic mass is 16.5. The molecular formula is C15H14N4O5. The second kappa shape index (κ2) is 6.13. The Morgan fingerprint density at radius 3 is 2.92 bits per heavy atom. The number of carbonyl (C=O) groups excluding carboxylic acids is 1. The number of fused-ring (bicyclic) bond motifs is 1. The number of anilines is 1. The number of aryl methyl sites for hydroxylation is 1. The van der Waals surface area contributed by atoms with E-state index in [1.807, 2.05) is 0 Å². The summed E-state index contributed by atoms with van der Waals surface area (Å²) < 4.78 is 11.3. The molecule has 0 aliphatic heterocycles. The molecule has 0 saturated carbocycles. The first-order valence-corrected chi connectivity index (χ1v) is 6.98. The van der Waals surface area contributed by atoms with Crippen molar-refractivity contribution in [3.8, 4) is 0 Å². The standard InChI is InChI=1S/C15H14N4O5/c1-19-10-5-3-4-9(12(10)24-15(19)22)17-13(20)8-6-16-11(7-23-2)18-14(8)21/h3-6H,7H2,1-2H3,(H,17,20)(H,16,18,21). The number of nitrogens with one attached hydrogen (secondary N) is 2. The zero-order valence-corrected chi connectivity index (χ0v) is 13.0. The first-order chi connectivity index (χ1) is 11.5. The van der Waals surface area contributed by atoms with E-state index in [1.165, 1.54) is 17.9 Å². The second-order valence-corrected chi connectivity index (χ2v) is 5.04. The van der Waals surface area contributed by atoms with Gasteiger partial charge in [0, 0.05) is 20.4 Å². The Morgan fingerprint density at radius 1 is 1.42 bits per heavy atom. The molecule has 0 unspecified atom stereocenters. The lowest BCUT2D eigenvalue weighted by molar-refractivity contribution is 0.102. The monoisotopic (exact) mass is 330 g/mol. The van der Waals surface area contributed by atoms with Crippen molar-refractivity contribution < 1.29 is 13.9 Å². The summed E-state index contributed by atoms with van der Waals surface area (Å²) in [6.45, 7) is 0.131. The molecule has 0 aliphatic carbocycles. The van der Waals surface area contributed by atoms with Crippen molar-refractivity contribution in [2.45, 2.75) is 6.61 Å². The first-order valence-electron chi connectivity index (χ1n) is 6.98. The topological polar surface area (TPSA) is 119 Å². The van der Waals surface area contributed by atoms with E-state index in [0.717, 1.165) is 0 Å². The summed E-state index contributed by atoms with van der Waals surface area (Å²) in [5.41, 5.74) is 0.302. The van der Waals surface area contributed by atoms with Crippen molar-refractivity contribution in [2.24, 2.45) is 7.05 Å². The molecule has 124 valence electrons. The maximum absolute atomic E-state index is 12.3. The van der Waals surface area contributed by atoms with E-state index in [9.17, 15) is 14.4 Å². The number of para-hydroxylation sites is 1. The van der Waals surface area contributed by atoms with E-state index >= 15 is 0 Å². The number of rotatable bonds is 4. The normalized spacial score (nSPS) is 10.9. The molecule has 3 rings (SSSR count). The molecule has 3 aromatic rings. The van der Waals surface area contributed by atoms with Gasteiger partial charge in [-0.2, -0.15) is 0 Å². The Bertz CT molecular complexity index is 1030. The van der Waals surface area contributed by atoms with Crippen molar-refractivity contribution in [1.29, 1.82) is 0 Å². The van der Waals surface area contributed by atoms with Crippen molar-refractivity contribution in [3.05, 3.63) is 56.7 Å². The molecular weight excluding hydrogens is 316 g/mol. The van der Waals surface area contributed by atoms with Crippen LogP contribution in [0.3, 0.4) is 0 Å². The van der Waals surface area contributed by atoms with Gasteiger partial charge in [0.1, 0.15) is 18.0 Å². The van der Waals surface area contributed by atoms with Gasteiger partial charge in [0.25, 0.3) is 11.5 Å². The summed E-state index contributed by atoms with van der Waals surface area (Å²) in [5.74, 6) is -0.892. The van der Waals surface area contributed by atoms with Crippen LogP contribution in [0.5, 0.6) is 0 Å². The first kappa shape index (κ1) is 15.7. The van der Waals surface area contributed by atoms with Crippen LogP contribution in [0.25, 0.3) is 11.1 Å². The minimum absolute atomic E-state index is 0.131. The van der Waals surface area contributed by atoms with Gasteiger partial charge < -0.3 is 19.5 Å². The van der Waals surface area contributed by atoms with E-state index < -0.39 is 17.2 Å². The number of nitrogens with zero attached hydrogens (tertiary/aromatic N) is 2. The Balaban J connectivity index is 1.95. The van der Waals surface area contributed by atoms with E-state index in [0.29, 0.717) is 11.3 Å². The molecule has 9 nitrogen and oxygen atoms in total. The quantitative estimate of drug-likeness (QED) is 0.723. The molecule has 0 atom stereocenters. The van der Waals surface area contributed by atoms with Crippen LogP contribution in [0.15, 0.2) is 38.4 Å². The van der Waals surface area contributed by atoms with E-state index in [4.69, 9.17) is 9.15 Å². The molecule has 0 fully saturated rings. The minimum atomic E-state index is -0.660. The third-order valence-electron chi connectivity index (χ3n) is 3.44. The molecule has 0 radical (unpaired) electrons. The number of methoxy groups -OCH3 is 1. The van der Waals surface area contributed by atoms with Crippen LogP contribution in [-0.4, -0.2) is 27.6 Å². The lowest BCUT2D eigenvalue weighted by atomic mass is 10.2. The van der Waals surface area contributed by atoms with Gasteiger partial charge in [-0.25, -0.2) is 9.78 Å². The van der Waals surface area contributed by atoms with Crippen molar-refractivity contribution in [2.75, 3.05) is 12.4 Å². The number of hydrogen-bond donors (Lipinski definition) is 2. The summed E-state index contributed by atoms with van der Waals surface area (Å²) in [6.07, 6.45) is 1.17. The summed E-state index contributed by atoms with van der Waals surface area (Å²) in [5, 5.41) is 2.56. The fourth-order valence-corrected chi connectivity index (χ4v) is 2.24. The number of oxazole rings is 1. The summed E-state index contributed by atoms with van der Waals surface area (Å²) in [6, 6.07) is 4.92. The van der Waals surface area contributed by atoms with Crippen LogP contribution in [0.2, 0.25) is 0 Å². The Morgan fingerprint density at radius 2 is 2.21 bits per heavy atom. The van der Waals surface area contributed by atoms with Gasteiger partial charge in [-0.15, -0.1) is 0 Å². The molecule has 2 aromatic heterocycles. The summed E-state index contributed by atoms with van der Waals surface area (Å²) in [4.78, 5) is 42.3. The highest BCUT2D eigenvalue weighted by Crippen LogP contribution is 2.22. The number of carbonyl (C=O) groups is 1. The number of H-pyrrole nitrogens is 1. The van der Waals surface area contributed by atoms with Gasteiger partial charge >= 0.3 is 5.76 Å². The van der Waals surface area contributed by atoms with Crippen LogP contribution in [0.4, 0.5) is 5.69 Å². The molecule has 24 heavy (non-hydrogen) atoms. The van der Waals surface area contributed by atoms with Crippen LogP contribution in [-0.2, 0) is 18.4 Å². The smallest absolute Gasteiger partial charge is 0.405 e. The predicted octanol–water partition coefficient (Wildman–Crippen LogP) is 0.613. The lowest BCUT2D eigenvalue weighted by Crippen LogP contribution is -2.25. The number of ether oxygens (including phenoxy) is 1. The number of benzene rings is 1. The van der Waals surface area contributed by atoms with E-state index in [2.05, 4.69) is 15.3 Å². The fourth-order valence-electron chi connectivity index (χ4n) is 2.24. The maximum atomic E-state index is 12.3. The average molecular weight is 330 g/mol. The number of hydrogen-bond acceptors (Lipinski definition) is 6. The highest BCUT2D eigenvalue weighted by Gasteiger charge is 2.16. The van der Waals surface area contributed by atoms with Crippen molar-refractivity contribution in [3.63, 3.8) is 0 Å². The van der Waals surface area contributed by atoms with Crippen LogP contribution < -0.4 is 16.6 Å². The van der Waals surface area contributed by atoms with Crippen molar-refractivity contribution >= 4 is 22.7 Å². The van der Waals surface area contributed by atoms with Gasteiger partial charge in [0.05, 0.1) is 11.2 Å². The predicted molar refractivity (Wildman–Crippen MR) is 85.0 cm³/mol. The minimum Gasteiger partial charge on any atom is -0.405 e. The average Bonchev–Trinajstić information content (AvgIpc) is 2.84. The Kier molecular flexibility index (Phi) is 4.00. The van der Waals surface area contributed by atoms with E-state index in [-0.39, 0.29) is 23.4 Å². The largest absolute Gasteiger partial charge is 0.419 e. The summed E-state index contributed by atoms with van der Waals surface area (Å²) in [7, 11) is 3.03. The SMILES string of the molecule is COCc1ncc(C(=O)Nc2cccc3c2oc(=O)n3C)c(=O)[nH]1. The molecule has 1 amide bonds. The van der Waals surface area contributed by atoms with Gasteiger partial charge in [-0.3, -0.25) is 14.2 Å². The third kappa shape index (κ3) is 2.72. The Labute approximate surface area is 134 Å². The third-order valence-corrected chi connectivity index (χ3v) is 3.44. The number of amides is 1. The van der Waals surface area contributed by atoms with Crippen molar-refractivity contribution in [1.82, 2.24) is 14.5 Å². The zero-order chi connectivity index (χ0) is 17.3. The van der Waals surface area contributed by atoms with Gasteiger partial charge in [-0.05, 0) is 12.1 Å². The van der Waals surface area contributed by atoms with Gasteiger partial charge in [0.15, 0.2) is 5.58 Å². The summed E-state index contributed by atoms with van der Waals surface area (Å²) >= 11 is 0. The molecule has 0 aliphatic rings. The molecule has 0 bridgehead atoms. The molecule has 2 heterocycles. The highest BCUT2D eigenvalue weighted by molar-refractivity contribution is 6.07.